The van der Waals surface area contributed by atoms with Gasteiger partial charge in [-0.2, -0.15) is 0 Å². The molecule has 0 saturated carbocycles. The summed E-state index contributed by atoms with van der Waals surface area (Å²) in [5.74, 6) is 0. The molecule has 0 spiro atoms. The van der Waals surface area contributed by atoms with E-state index in [-0.39, 0.29) is 0 Å². The van der Waals surface area contributed by atoms with Crippen LogP contribution >= 0.6 is 0 Å². The highest BCUT2D eigenvalue weighted by atomic mass is 28.4. The number of hydrogen-bond donors (Lipinski definition) is 1. The Hall–Kier alpha value is -1.84. The SMILES string of the molecule is C[Si](C)(/C=C/c1ccccc1)ONc1ccccc1. The van der Waals surface area contributed by atoms with Gasteiger partial charge in [-0.25, -0.2) is 0 Å². The van der Waals surface area contributed by atoms with Gasteiger partial charge in [0.2, 0.25) is 8.32 Å². The summed E-state index contributed by atoms with van der Waals surface area (Å²) in [6.07, 6.45) is 2.12. The molecule has 19 heavy (non-hydrogen) atoms. The second kappa shape index (κ2) is 6.36. The van der Waals surface area contributed by atoms with E-state index in [0.717, 1.165) is 5.69 Å². The van der Waals surface area contributed by atoms with E-state index in [2.05, 4.69) is 42.5 Å². The molecule has 0 heterocycles. The van der Waals surface area contributed by atoms with Gasteiger partial charge in [-0.15, -0.1) is 0 Å². The van der Waals surface area contributed by atoms with Crippen LogP contribution in [0.15, 0.2) is 66.4 Å². The molecule has 0 bridgehead atoms. The molecule has 2 aromatic rings. The van der Waals surface area contributed by atoms with Crippen molar-refractivity contribution in [3.8, 4) is 0 Å². The third-order valence-electron chi connectivity index (χ3n) is 2.68. The first-order chi connectivity index (χ1) is 9.16. The third kappa shape index (κ3) is 4.73. The normalized spacial score (nSPS) is 11.7. The molecule has 2 aromatic carbocycles. The second-order valence-electron chi connectivity index (χ2n) is 4.92. The minimum atomic E-state index is -1.86. The number of hydrogen-bond acceptors (Lipinski definition) is 2. The predicted molar refractivity (Wildman–Crippen MR) is 84.1 cm³/mol. The van der Waals surface area contributed by atoms with E-state index in [1.54, 1.807) is 0 Å². The van der Waals surface area contributed by atoms with E-state index in [0.29, 0.717) is 0 Å². The van der Waals surface area contributed by atoms with Gasteiger partial charge >= 0.3 is 0 Å². The highest BCUT2D eigenvalue weighted by Crippen LogP contribution is 2.13. The van der Waals surface area contributed by atoms with Gasteiger partial charge in [-0.3, -0.25) is 5.48 Å². The Morgan fingerprint density at radius 2 is 1.47 bits per heavy atom. The number of anilines is 1. The zero-order chi connectivity index (χ0) is 13.6. The van der Waals surface area contributed by atoms with Crippen LogP contribution in [0.2, 0.25) is 13.1 Å². The lowest BCUT2D eigenvalue weighted by molar-refractivity contribution is 0.405. The molecular formula is C16H19NOSi. The third-order valence-corrected chi connectivity index (χ3v) is 4.28. The summed E-state index contributed by atoms with van der Waals surface area (Å²) in [6, 6.07) is 20.2. The molecule has 0 aromatic heterocycles. The van der Waals surface area contributed by atoms with Crippen LogP contribution in [0.25, 0.3) is 6.08 Å². The number of nitrogens with one attached hydrogen (secondary N) is 1. The second-order valence-corrected chi connectivity index (χ2v) is 8.66. The first kappa shape index (κ1) is 13.6. The lowest BCUT2D eigenvalue weighted by Gasteiger charge is -2.19. The van der Waals surface area contributed by atoms with E-state index in [4.69, 9.17) is 4.53 Å². The van der Waals surface area contributed by atoms with Gasteiger partial charge in [-0.1, -0.05) is 60.3 Å². The maximum Gasteiger partial charge on any atom is 0.246 e. The number of para-hydroxylation sites is 1. The molecule has 0 aliphatic carbocycles. The van der Waals surface area contributed by atoms with Crippen molar-refractivity contribution in [3.05, 3.63) is 71.9 Å². The van der Waals surface area contributed by atoms with Crippen LogP contribution in [0, 0.1) is 0 Å². The van der Waals surface area contributed by atoms with Crippen molar-refractivity contribution in [2.75, 3.05) is 5.48 Å². The number of rotatable bonds is 5. The highest BCUT2D eigenvalue weighted by molar-refractivity contribution is 6.76. The minimum absolute atomic E-state index is 0.983. The average molecular weight is 269 g/mol. The highest BCUT2D eigenvalue weighted by Gasteiger charge is 2.19. The van der Waals surface area contributed by atoms with Gasteiger partial charge in [-0.05, 0) is 30.8 Å². The minimum Gasteiger partial charge on any atom is -0.318 e. The molecule has 0 aliphatic heterocycles. The van der Waals surface area contributed by atoms with Crippen molar-refractivity contribution in [3.63, 3.8) is 0 Å². The summed E-state index contributed by atoms with van der Waals surface area (Å²) in [7, 11) is -1.86. The standard InChI is InChI=1S/C16H19NOSi/c1-19(2,14-13-15-9-5-3-6-10-15)18-17-16-11-7-4-8-12-16/h3-14,17H,1-2H3/b14-13+. The Kier molecular flexibility index (Phi) is 4.55. The van der Waals surface area contributed by atoms with Gasteiger partial charge in [0.1, 0.15) is 0 Å². The molecule has 2 rings (SSSR count). The fraction of sp³-hybridized carbons (Fsp3) is 0.125. The van der Waals surface area contributed by atoms with Crippen LogP contribution in [0.4, 0.5) is 5.69 Å². The van der Waals surface area contributed by atoms with E-state index >= 15 is 0 Å². The van der Waals surface area contributed by atoms with Gasteiger partial charge < -0.3 is 4.53 Å². The first-order valence-corrected chi connectivity index (χ1v) is 9.38. The molecule has 0 fully saturated rings. The van der Waals surface area contributed by atoms with Crippen molar-refractivity contribution in [1.29, 1.82) is 0 Å². The Morgan fingerprint density at radius 1 is 0.895 bits per heavy atom. The zero-order valence-corrected chi connectivity index (χ0v) is 12.3. The molecular weight excluding hydrogens is 250 g/mol. The van der Waals surface area contributed by atoms with Crippen molar-refractivity contribution >= 4 is 20.1 Å². The Balaban J connectivity index is 1.93. The average Bonchev–Trinajstić information content (AvgIpc) is 2.46. The quantitative estimate of drug-likeness (QED) is 0.638. The molecule has 1 N–H and O–H groups in total. The van der Waals surface area contributed by atoms with Gasteiger partial charge in [0.25, 0.3) is 0 Å². The molecule has 0 atom stereocenters. The van der Waals surface area contributed by atoms with E-state index in [9.17, 15) is 0 Å². The largest absolute Gasteiger partial charge is 0.318 e. The zero-order valence-electron chi connectivity index (χ0n) is 11.3. The topological polar surface area (TPSA) is 21.3 Å². The summed E-state index contributed by atoms with van der Waals surface area (Å²) < 4.78 is 5.84. The first-order valence-electron chi connectivity index (χ1n) is 6.39. The summed E-state index contributed by atoms with van der Waals surface area (Å²) >= 11 is 0. The molecule has 0 unspecified atom stereocenters. The lowest BCUT2D eigenvalue weighted by Crippen LogP contribution is -2.30. The number of benzene rings is 2. The monoisotopic (exact) mass is 269 g/mol. The van der Waals surface area contributed by atoms with Crippen molar-refractivity contribution < 1.29 is 4.53 Å². The van der Waals surface area contributed by atoms with Gasteiger partial charge in [0, 0.05) is 0 Å². The van der Waals surface area contributed by atoms with E-state index in [1.165, 1.54) is 5.56 Å². The molecule has 0 saturated heterocycles. The fourth-order valence-electron chi connectivity index (χ4n) is 1.59. The van der Waals surface area contributed by atoms with E-state index in [1.807, 2.05) is 48.5 Å². The summed E-state index contributed by atoms with van der Waals surface area (Å²) in [5.41, 5.74) is 7.39. The van der Waals surface area contributed by atoms with Crippen LogP contribution in [0.5, 0.6) is 0 Å². The Labute approximate surface area is 115 Å². The lowest BCUT2D eigenvalue weighted by atomic mass is 10.2. The Morgan fingerprint density at radius 3 is 2.11 bits per heavy atom. The van der Waals surface area contributed by atoms with Crippen LogP contribution in [0.3, 0.4) is 0 Å². The van der Waals surface area contributed by atoms with E-state index < -0.39 is 8.32 Å². The van der Waals surface area contributed by atoms with Gasteiger partial charge in [0.15, 0.2) is 0 Å². The van der Waals surface area contributed by atoms with Crippen LogP contribution in [0.1, 0.15) is 5.56 Å². The molecule has 0 amide bonds. The Bertz CT molecular complexity index is 523. The summed E-state index contributed by atoms with van der Waals surface area (Å²) in [4.78, 5) is 0. The molecule has 98 valence electrons. The van der Waals surface area contributed by atoms with Crippen molar-refractivity contribution in [1.82, 2.24) is 0 Å². The molecule has 0 radical (unpaired) electrons. The maximum atomic E-state index is 5.84. The molecule has 0 aliphatic rings. The van der Waals surface area contributed by atoms with Crippen LogP contribution < -0.4 is 5.48 Å². The summed E-state index contributed by atoms with van der Waals surface area (Å²) in [5, 5.41) is 0. The van der Waals surface area contributed by atoms with Crippen LogP contribution in [-0.2, 0) is 4.53 Å². The molecule has 3 heteroatoms. The summed E-state index contributed by atoms with van der Waals surface area (Å²) in [6.45, 7) is 4.31. The smallest absolute Gasteiger partial charge is 0.246 e. The molecule has 2 nitrogen and oxygen atoms in total. The maximum absolute atomic E-state index is 5.84. The predicted octanol–water partition coefficient (Wildman–Crippen LogP) is 4.49. The fourth-order valence-corrected chi connectivity index (χ4v) is 2.63. The van der Waals surface area contributed by atoms with Crippen LogP contribution in [-0.4, -0.2) is 8.32 Å². The van der Waals surface area contributed by atoms with Crippen molar-refractivity contribution in [2.24, 2.45) is 0 Å². The van der Waals surface area contributed by atoms with Gasteiger partial charge in [0.05, 0.1) is 5.69 Å². The van der Waals surface area contributed by atoms with Crippen molar-refractivity contribution in [2.45, 2.75) is 13.1 Å².